The number of aromatic nitrogens is 4. The molecule has 6 nitrogen and oxygen atoms in total. The van der Waals surface area contributed by atoms with E-state index in [1.165, 1.54) is 0 Å². The zero-order valence-corrected chi connectivity index (χ0v) is 11.2. The Labute approximate surface area is 120 Å². The van der Waals surface area contributed by atoms with E-state index in [9.17, 15) is 13.2 Å². The van der Waals surface area contributed by atoms with Crippen LogP contribution in [0.2, 0.25) is 5.02 Å². The Balaban J connectivity index is 2.35. The van der Waals surface area contributed by atoms with Gasteiger partial charge >= 0.3 is 6.18 Å². The molecule has 10 heteroatoms. The summed E-state index contributed by atoms with van der Waals surface area (Å²) in [7, 11) is 0. The van der Waals surface area contributed by atoms with E-state index >= 15 is 0 Å². The van der Waals surface area contributed by atoms with E-state index in [4.69, 9.17) is 21.8 Å². The van der Waals surface area contributed by atoms with Crippen LogP contribution < -0.4 is 5.73 Å². The van der Waals surface area contributed by atoms with Crippen LogP contribution in [-0.4, -0.2) is 19.6 Å². The van der Waals surface area contributed by atoms with Gasteiger partial charge in [0.15, 0.2) is 11.4 Å². The van der Waals surface area contributed by atoms with Gasteiger partial charge in [-0.2, -0.15) is 17.7 Å². The largest absolute Gasteiger partial charge is 0.458 e. The molecule has 0 saturated carbocycles. The monoisotopic (exact) mass is 317 g/mol. The van der Waals surface area contributed by atoms with Gasteiger partial charge in [-0.15, -0.1) is 5.10 Å². The number of aryl methyl sites for hydroxylation is 1. The number of hydrogen-bond acceptors (Lipinski definition) is 5. The van der Waals surface area contributed by atoms with Crippen LogP contribution in [0.15, 0.2) is 16.5 Å². The fourth-order valence-corrected chi connectivity index (χ4v) is 1.93. The minimum absolute atomic E-state index is 0.0111. The van der Waals surface area contributed by atoms with Crippen LogP contribution in [0.3, 0.4) is 0 Å². The summed E-state index contributed by atoms with van der Waals surface area (Å²) >= 11 is 5.85. The lowest BCUT2D eigenvalue weighted by Gasteiger charge is -2.03. The van der Waals surface area contributed by atoms with E-state index in [-0.39, 0.29) is 28.1 Å². The Morgan fingerprint density at radius 1 is 1.29 bits per heavy atom. The molecule has 0 aliphatic carbocycles. The third-order valence-electron chi connectivity index (χ3n) is 2.67. The van der Waals surface area contributed by atoms with Crippen molar-refractivity contribution in [3.63, 3.8) is 0 Å². The van der Waals surface area contributed by atoms with Crippen molar-refractivity contribution in [3.05, 3.63) is 28.7 Å². The molecule has 0 fully saturated rings. The van der Waals surface area contributed by atoms with Crippen molar-refractivity contribution in [1.82, 2.24) is 19.6 Å². The number of alkyl halides is 3. The molecule has 0 saturated heterocycles. The van der Waals surface area contributed by atoms with Crippen molar-refractivity contribution in [2.45, 2.75) is 13.1 Å². The smallest absolute Gasteiger partial charge is 0.453 e. The van der Waals surface area contributed by atoms with Crippen molar-refractivity contribution in [2.24, 2.45) is 0 Å². The first kappa shape index (κ1) is 13.7. The molecule has 0 radical (unpaired) electrons. The van der Waals surface area contributed by atoms with Gasteiger partial charge in [0.1, 0.15) is 16.6 Å². The summed E-state index contributed by atoms with van der Waals surface area (Å²) in [6.07, 6.45) is -4.71. The summed E-state index contributed by atoms with van der Waals surface area (Å²) in [6, 6.07) is 3.18. The summed E-state index contributed by atoms with van der Waals surface area (Å²) in [6.45, 7) is 1.68. The Hall–Kier alpha value is -2.29. The van der Waals surface area contributed by atoms with Gasteiger partial charge < -0.3 is 10.2 Å². The van der Waals surface area contributed by atoms with Crippen molar-refractivity contribution < 1.29 is 17.6 Å². The number of hydrogen-bond donors (Lipinski definition) is 1. The number of nitrogen functional groups attached to an aromatic ring is 1. The minimum Gasteiger partial charge on any atom is -0.458 e. The normalized spacial score (nSPS) is 12.2. The summed E-state index contributed by atoms with van der Waals surface area (Å²) in [5.74, 6) is -0.734. The number of fused-ring (bicyclic) bond motifs is 1. The standard InChI is InChI=1S/C11H7ClF3N5O/c1-4-2-3-5(21-4)8-17-7(16)6(12)9-18-10(11(13,14)15)19-20(8)9/h2-3H,16H2,1H3. The molecular weight excluding hydrogens is 311 g/mol. The zero-order chi connectivity index (χ0) is 15.4. The zero-order valence-electron chi connectivity index (χ0n) is 10.4. The molecule has 3 heterocycles. The Kier molecular flexibility index (Phi) is 2.84. The van der Waals surface area contributed by atoms with Gasteiger partial charge in [0.25, 0.3) is 5.82 Å². The molecule has 3 aromatic heterocycles. The summed E-state index contributed by atoms with van der Waals surface area (Å²) in [5.41, 5.74) is 5.37. The molecule has 0 aromatic carbocycles. The van der Waals surface area contributed by atoms with Crippen LogP contribution in [-0.2, 0) is 6.18 Å². The minimum atomic E-state index is -4.71. The third-order valence-corrected chi connectivity index (χ3v) is 3.03. The Morgan fingerprint density at radius 2 is 2.00 bits per heavy atom. The lowest BCUT2D eigenvalue weighted by atomic mass is 10.4. The van der Waals surface area contributed by atoms with Crippen LogP contribution >= 0.6 is 11.6 Å². The molecule has 0 bridgehead atoms. The molecule has 0 aliphatic rings. The van der Waals surface area contributed by atoms with Crippen molar-refractivity contribution >= 4 is 23.1 Å². The number of nitrogens with zero attached hydrogens (tertiary/aromatic N) is 4. The topological polar surface area (TPSA) is 82.2 Å². The van der Waals surface area contributed by atoms with Crippen molar-refractivity contribution in [2.75, 3.05) is 5.73 Å². The Morgan fingerprint density at radius 3 is 2.57 bits per heavy atom. The van der Waals surface area contributed by atoms with Gasteiger partial charge in [0.2, 0.25) is 5.82 Å². The van der Waals surface area contributed by atoms with Gasteiger partial charge in [-0.3, -0.25) is 0 Å². The highest BCUT2D eigenvalue weighted by Gasteiger charge is 2.37. The van der Waals surface area contributed by atoms with E-state index in [1.807, 2.05) is 0 Å². The highest BCUT2D eigenvalue weighted by atomic mass is 35.5. The molecule has 0 spiro atoms. The van der Waals surface area contributed by atoms with E-state index in [2.05, 4.69) is 15.1 Å². The second kappa shape index (κ2) is 4.35. The maximum Gasteiger partial charge on any atom is 0.453 e. The fourth-order valence-electron chi connectivity index (χ4n) is 1.76. The van der Waals surface area contributed by atoms with E-state index in [1.54, 1.807) is 19.1 Å². The predicted molar refractivity (Wildman–Crippen MR) is 67.6 cm³/mol. The molecule has 3 aromatic rings. The Bertz CT molecular complexity index is 838. The van der Waals surface area contributed by atoms with Gasteiger partial charge in [0.05, 0.1) is 0 Å². The van der Waals surface area contributed by atoms with Crippen molar-refractivity contribution in [1.29, 1.82) is 0 Å². The molecule has 21 heavy (non-hydrogen) atoms. The van der Waals surface area contributed by atoms with E-state index in [0.717, 1.165) is 4.52 Å². The first-order valence-electron chi connectivity index (χ1n) is 5.63. The number of nitrogens with two attached hydrogens (primary N) is 1. The summed E-state index contributed by atoms with van der Waals surface area (Å²) in [4.78, 5) is 7.30. The van der Waals surface area contributed by atoms with Gasteiger partial charge in [-0.05, 0) is 19.1 Å². The van der Waals surface area contributed by atoms with Gasteiger partial charge in [-0.1, -0.05) is 11.6 Å². The number of furan rings is 1. The van der Waals surface area contributed by atoms with E-state index < -0.39 is 12.0 Å². The first-order chi connectivity index (χ1) is 9.77. The van der Waals surface area contributed by atoms with Crippen LogP contribution in [0.4, 0.5) is 19.0 Å². The molecular formula is C11H7ClF3N5O. The quantitative estimate of drug-likeness (QED) is 0.746. The predicted octanol–water partition coefficient (Wildman–Crippen LogP) is 2.95. The first-order valence-corrected chi connectivity index (χ1v) is 6.01. The van der Waals surface area contributed by atoms with Gasteiger partial charge in [-0.25, -0.2) is 9.97 Å². The second-order valence-corrected chi connectivity index (χ2v) is 4.59. The average molecular weight is 318 g/mol. The van der Waals surface area contributed by atoms with Crippen LogP contribution in [0.5, 0.6) is 0 Å². The number of halogens is 4. The lowest BCUT2D eigenvalue weighted by molar-refractivity contribution is -0.144. The van der Waals surface area contributed by atoms with Crippen LogP contribution in [0.25, 0.3) is 17.2 Å². The molecule has 0 unspecified atom stereocenters. The molecule has 0 aliphatic heterocycles. The third kappa shape index (κ3) is 2.19. The summed E-state index contributed by atoms with van der Waals surface area (Å²) in [5, 5.41) is 3.19. The average Bonchev–Trinajstić information content (AvgIpc) is 2.99. The number of anilines is 1. The molecule has 3 rings (SSSR count). The molecule has 2 N–H and O–H groups in total. The molecule has 0 amide bonds. The maximum absolute atomic E-state index is 12.7. The van der Waals surface area contributed by atoms with Crippen molar-refractivity contribution in [3.8, 4) is 11.6 Å². The highest BCUT2D eigenvalue weighted by Crippen LogP contribution is 2.32. The van der Waals surface area contributed by atoms with Crippen LogP contribution in [0, 0.1) is 6.92 Å². The fraction of sp³-hybridized carbons (Fsp3) is 0.182. The SMILES string of the molecule is Cc1ccc(-c2nc(N)c(Cl)c3nc(C(F)(F)F)nn23)o1. The van der Waals surface area contributed by atoms with Gasteiger partial charge in [0, 0.05) is 0 Å². The highest BCUT2D eigenvalue weighted by molar-refractivity contribution is 6.35. The molecule has 0 atom stereocenters. The lowest BCUT2D eigenvalue weighted by Crippen LogP contribution is -2.08. The number of rotatable bonds is 1. The maximum atomic E-state index is 12.7. The molecule has 110 valence electrons. The second-order valence-electron chi connectivity index (χ2n) is 4.21. The van der Waals surface area contributed by atoms with Crippen LogP contribution in [0.1, 0.15) is 11.6 Å². The summed E-state index contributed by atoms with van der Waals surface area (Å²) < 4.78 is 44.4. The van der Waals surface area contributed by atoms with E-state index in [0.29, 0.717) is 5.76 Å².